The molecule has 1 aliphatic heterocycles. The lowest BCUT2D eigenvalue weighted by Gasteiger charge is -2.26. The quantitative estimate of drug-likeness (QED) is 0.832. The zero-order chi connectivity index (χ0) is 13.2. The summed E-state index contributed by atoms with van der Waals surface area (Å²) in [7, 11) is 0. The maximum atomic E-state index is 9.21. The standard InChI is InChI=1S/C15H27N3/c1-12(2)13-5-8-18(10-13)9-6-14-4-3-7-15(14,17)11-16/h12-14H,3-10,17H2,1-2H3. The van der Waals surface area contributed by atoms with Crippen LogP contribution in [-0.2, 0) is 0 Å². The van der Waals surface area contributed by atoms with Crippen molar-refractivity contribution in [2.45, 2.75) is 51.5 Å². The van der Waals surface area contributed by atoms with Crippen molar-refractivity contribution in [3.05, 3.63) is 0 Å². The summed E-state index contributed by atoms with van der Waals surface area (Å²) in [5, 5.41) is 9.21. The topological polar surface area (TPSA) is 53.0 Å². The van der Waals surface area contributed by atoms with Gasteiger partial charge in [0.1, 0.15) is 5.54 Å². The van der Waals surface area contributed by atoms with Crippen molar-refractivity contribution in [1.29, 1.82) is 5.26 Å². The molecule has 1 saturated carbocycles. The van der Waals surface area contributed by atoms with Gasteiger partial charge in [0.05, 0.1) is 6.07 Å². The van der Waals surface area contributed by atoms with E-state index in [1.165, 1.54) is 19.5 Å². The first-order chi connectivity index (χ1) is 8.55. The van der Waals surface area contributed by atoms with E-state index in [2.05, 4.69) is 24.8 Å². The Kier molecular flexibility index (Phi) is 4.29. The van der Waals surface area contributed by atoms with Crippen LogP contribution < -0.4 is 5.73 Å². The van der Waals surface area contributed by atoms with Gasteiger partial charge in [-0.25, -0.2) is 0 Å². The zero-order valence-corrected chi connectivity index (χ0v) is 11.9. The van der Waals surface area contributed by atoms with E-state index in [-0.39, 0.29) is 0 Å². The number of nitrogens with two attached hydrogens (primary N) is 1. The van der Waals surface area contributed by atoms with Crippen molar-refractivity contribution in [3.8, 4) is 6.07 Å². The highest BCUT2D eigenvalue weighted by Gasteiger charge is 2.39. The van der Waals surface area contributed by atoms with Crippen LogP contribution in [0, 0.1) is 29.1 Å². The summed E-state index contributed by atoms with van der Waals surface area (Å²) in [5.41, 5.74) is 5.65. The normalized spacial score (nSPS) is 37.3. The van der Waals surface area contributed by atoms with Crippen molar-refractivity contribution in [2.75, 3.05) is 19.6 Å². The molecule has 3 nitrogen and oxygen atoms in total. The molecule has 0 aromatic rings. The first-order valence-electron chi connectivity index (χ1n) is 7.47. The van der Waals surface area contributed by atoms with Crippen molar-refractivity contribution in [3.63, 3.8) is 0 Å². The van der Waals surface area contributed by atoms with Gasteiger partial charge in [0, 0.05) is 6.54 Å². The number of hydrogen-bond donors (Lipinski definition) is 1. The first kappa shape index (κ1) is 13.8. The second kappa shape index (κ2) is 5.59. The molecule has 1 aliphatic carbocycles. The van der Waals surface area contributed by atoms with E-state index < -0.39 is 5.54 Å². The Morgan fingerprint density at radius 2 is 2.22 bits per heavy atom. The molecule has 1 heterocycles. The minimum atomic E-state index is -0.531. The fourth-order valence-electron chi connectivity index (χ4n) is 3.60. The van der Waals surface area contributed by atoms with Crippen LogP contribution in [0.25, 0.3) is 0 Å². The Morgan fingerprint density at radius 3 is 2.83 bits per heavy atom. The monoisotopic (exact) mass is 249 g/mol. The lowest BCUT2D eigenvalue weighted by atomic mass is 9.87. The summed E-state index contributed by atoms with van der Waals surface area (Å²) in [6, 6.07) is 2.35. The second-order valence-corrected chi connectivity index (χ2v) is 6.62. The molecule has 2 rings (SSSR count). The molecule has 3 unspecified atom stereocenters. The molecular formula is C15H27N3. The summed E-state index contributed by atoms with van der Waals surface area (Å²) >= 11 is 0. The van der Waals surface area contributed by atoms with Gasteiger partial charge in [-0.3, -0.25) is 0 Å². The summed E-state index contributed by atoms with van der Waals surface area (Å²) in [5.74, 6) is 2.09. The van der Waals surface area contributed by atoms with Crippen molar-refractivity contribution < 1.29 is 0 Å². The Hall–Kier alpha value is -0.590. The highest BCUT2D eigenvalue weighted by molar-refractivity contribution is 5.12. The average molecular weight is 249 g/mol. The minimum absolute atomic E-state index is 0.417. The number of hydrogen-bond acceptors (Lipinski definition) is 3. The summed E-state index contributed by atoms with van der Waals surface area (Å²) in [6.45, 7) is 8.26. The predicted octanol–water partition coefficient (Wildman–Crippen LogP) is 2.38. The highest BCUT2D eigenvalue weighted by Crippen LogP contribution is 2.36. The molecule has 1 saturated heterocycles. The third-order valence-electron chi connectivity index (χ3n) is 5.13. The van der Waals surface area contributed by atoms with Gasteiger partial charge in [-0.15, -0.1) is 0 Å². The van der Waals surface area contributed by atoms with E-state index in [0.717, 1.165) is 44.1 Å². The molecule has 2 fully saturated rings. The zero-order valence-electron chi connectivity index (χ0n) is 11.9. The Morgan fingerprint density at radius 1 is 1.44 bits per heavy atom. The third-order valence-corrected chi connectivity index (χ3v) is 5.13. The van der Waals surface area contributed by atoms with Gasteiger partial charge < -0.3 is 10.6 Å². The average Bonchev–Trinajstić information content (AvgIpc) is 2.94. The summed E-state index contributed by atoms with van der Waals surface area (Å²) in [4.78, 5) is 2.57. The molecule has 102 valence electrons. The van der Waals surface area contributed by atoms with E-state index >= 15 is 0 Å². The van der Waals surface area contributed by atoms with Crippen LogP contribution in [0.1, 0.15) is 46.0 Å². The molecule has 0 bridgehead atoms. The van der Waals surface area contributed by atoms with Crippen LogP contribution in [0.4, 0.5) is 0 Å². The van der Waals surface area contributed by atoms with Crippen LogP contribution in [0.15, 0.2) is 0 Å². The van der Waals surface area contributed by atoms with Gasteiger partial charge >= 0.3 is 0 Å². The van der Waals surface area contributed by atoms with Gasteiger partial charge in [-0.05, 0) is 56.5 Å². The van der Waals surface area contributed by atoms with Crippen molar-refractivity contribution in [2.24, 2.45) is 23.5 Å². The molecule has 0 spiro atoms. The fraction of sp³-hybridized carbons (Fsp3) is 0.933. The smallest absolute Gasteiger partial charge is 0.107 e. The summed E-state index contributed by atoms with van der Waals surface area (Å²) in [6.07, 6.45) is 5.61. The highest BCUT2D eigenvalue weighted by atomic mass is 15.1. The van der Waals surface area contributed by atoms with Gasteiger partial charge in [0.25, 0.3) is 0 Å². The van der Waals surface area contributed by atoms with E-state index in [0.29, 0.717) is 5.92 Å². The fourth-order valence-corrected chi connectivity index (χ4v) is 3.60. The number of nitrogens with zero attached hydrogens (tertiary/aromatic N) is 2. The lowest BCUT2D eigenvalue weighted by molar-refractivity contribution is 0.260. The maximum absolute atomic E-state index is 9.21. The molecule has 3 heteroatoms. The van der Waals surface area contributed by atoms with Crippen molar-refractivity contribution in [1.82, 2.24) is 4.90 Å². The van der Waals surface area contributed by atoms with Crippen LogP contribution >= 0.6 is 0 Å². The van der Waals surface area contributed by atoms with Gasteiger partial charge in [-0.2, -0.15) is 5.26 Å². The lowest BCUT2D eigenvalue weighted by Crippen LogP contribution is -2.43. The first-order valence-corrected chi connectivity index (χ1v) is 7.47. The van der Waals surface area contributed by atoms with E-state index in [1.807, 2.05) is 0 Å². The van der Waals surface area contributed by atoms with Crippen LogP contribution in [0.5, 0.6) is 0 Å². The Labute approximate surface area is 111 Å². The van der Waals surface area contributed by atoms with Gasteiger partial charge in [0.2, 0.25) is 0 Å². The number of rotatable bonds is 4. The van der Waals surface area contributed by atoms with Gasteiger partial charge in [0.15, 0.2) is 0 Å². The maximum Gasteiger partial charge on any atom is 0.107 e. The van der Waals surface area contributed by atoms with E-state index in [9.17, 15) is 5.26 Å². The predicted molar refractivity (Wildman–Crippen MR) is 73.9 cm³/mol. The van der Waals surface area contributed by atoms with Crippen molar-refractivity contribution >= 4 is 0 Å². The second-order valence-electron chi connectivity index (χ2n) is 6.62. The van der Waals surface area contributed by atoms with E-state index in [4.69, 9.17) is 5.73 Å². The molecule has 0 amide bonds. The molecule has 0 radical (unpaired) electrons. The largest absolute Gasteiger partial charge is 0.313 e. The van der Waals surface area contributed by atoms with Crippen LogP contribution in [0.2, 0.25) is 0 Å². The Balaban J connectivity index is 1.78. The minimum Gasteiger partial charge on any atom is -0.313 e. The van der Waals surface area contributed by atoms with E-state index in [1.54, 1.807) is 0 Å². The molecule has 3 atom stereocenters. The molecule has 2 N–H and O–H groups in total. The third kappa shape index (κ3) is 2.87. The SMILES string of the molecule is CC(C)C1CCN(CCC2CCCC2(N)C#N)C1. The molecule has 2 aliphatic rings. The molecule has 0 aromatic heterocycles. The molecule has 0 aromatic carbocycles. The van der Waals surface area contributed by atoms with Gasteiger partial charge in [-0.1, -0.05) is 20.3 Å². The number of nitriles is 1. The molecular weight excluding hydrogens is 222 g/mol. The molecule has 18 heavy (non-hydrogen) atoms. The van der Waals surface area contributed by atoms with Crippen LogP contribution in [0.3, 0.4) is 0 Å². The number of likely N-dealkylation sites (tertiary alicyclic amines) is 1. The summed E-state index contributed by atoms with van der Waals surface area (Å²) < 4.78 is 0. The Bertz CT molecular complexity index is 320. The van der Waals surface area contributed by atoms with Crippen LogP contribution in [-0.4, -0.2) is 30.1 Å².